The predicted molar refractivity (Wildman–Crippen MR) is 114 cm³/mol. The quantitative estimate of drug-likeness (QED) is 0.649. The molecular formula is C23H26N4O2. The summed E-state index contributed by atoms with van der Waals surface area (Å²) >= 11 is 0. The standard InChI is InChI=1S/C23H26N4O2/c1-4-12-24-21(28)14-25-23(29)20-15-27(19-8-6-5-7-9-19)26-22(20)18-11-10-16(2)17(3)13-18/h5-11,13,15H,4,12,14H2,1-3H3,(H,24,28)(H,25,29). The molecule has 0 aliphatic heterocycles. The van der Waals surface area contributed by atoms with Gasteiger partial charge in [-0.05, 0) is 49.6 Å². The Bertz CT molecular complexity index is 1010. The minimum absolute atomic E-state index is 0.0677. The largest absolute Gasteiger partial charge is 0.355 e. The number of nitrogens with one attached hydrogen (secondary N) is 2. The molecule has 150 valence electrons. The van der Waals surface area contributed by atoms with Gasteiger partial charge in [-0.25, -0.2) is 4.68 Å². The van der Waals surface area contributed by atoms with E-state index >= 15 is 0 Å². The number of aryl methyl sites for hydroxylation is 2. The fourth-order valence-corrected chi connectivity index (χ4v) is 2.94. The molecule has 6 nitrogen and oxygen atoms in total. The van der Waals surface area contributed by atoms with Gasteiger partial charge in [0.15, 0.2) is 0 Å². The number of aromatic nitrogens is 2. The first-order valence-electron chi connectivity index (χ1n) is 9.77. The summed E-state index contributed by atoms with van der Waals surface area (Å²) in [6, 6.07) is 15.6. The number of rotatable bonds is 7. The van der Waals surface area contributed by atoms with E-state index in [4.69, 9.17) is 0 Å². The van der Waals surface area contributed by atoms with E-state index in [2.05, 4.69) is 15.7 Å². The Morgan fingerprint density at radius 2 is 1.76 bits per heavy atom. The molecule has 0 aliphatic carbocycles. The van der Waals surface area contributed by atoms with Crippen molar-refractivity contribution >= 4 is 11.8 Å². The molecule has 1 aromatic heterocycles. The van der Waals surface area contributed by atoms with Gasteiger partial charge in [0.1, 0.15) is 5.69 Å². The number of amides is 2. The molecule has 6 heteroatoms. The van der Waals surface area contributed by atoms with Crippen molar-refractivity contribution in [3.05, 3.63) is 71.4 Å². The van der Waals surface area contributed by atoms with E-state index in [-0.39, 0.29) is 18.4 Å². The lowest BCUT2D eigenvalue weighted by molar-refractivity contribution is -0.120. The van der Waals surface area contributed by atoms with E-state index in [9.17, 15) is 9.59 Å². The van der Waals surface area contributed by atoms with Crippen molar-refractivity contribution in [2.75, 3.05) is 13.1 Å². The summed E-state index contributed by atoms with van der Waals surface area (Å²) in [6.07, 6.45) is 2.56. The number of hydrogen-bond donors (Lipinski definition) is 2. The molecule has 0 atom stereocenters. The normalized spacial score (nSPS) is 10.6. The highest BCUT2D eigenvalue weighted by atomic mass is 16.2. The Hall–Kier alpha value is -3.41. The van der Waals surface area contributed by atoms with Crippen LogP contribution in [0.25, 0.3) is 16.9 Å². The highest BCUT2D eigenvalue weighted by Crippen LogP contribution is 2.25. The van der Waals surface area contributed by atoms with E-state index in [0.29, 0.717) is 17.8 Å². The lowest BCUT2D eigenvalue weighted by Crippen LogP contribution is -2.37. The van der Waals surface area contributed by atoms with Crippen molar-refractivity contribution in [3.8, 4) is 16.9 Å². The van der Waals surface area contributed by atoms with E-state index in [1.54, 1.807) is 10.9 Å². The van der Waals surface area contributed by atoms with Crippen LogP contribution in [0.4, 0.5) is 0 Å². The number of carbonyl (C=O) groups excluding carboxylic acids is 2. The lowest BCUT2D eigenvalue weighted by Gasteiger charge is -2.07. The van der Waals surface area contributed by atoms with Crippen LogP contribution in [0.2, 0.25) is 0 Å². The fourth-order valence-electron chi connectivity index (χ4n) is 2.94. The van der Waals surface area contributed by atoms with Crippen molar-refractivity contribution in [3.63, 3.8) is 0 Å². The molecule has 0 saturated heterocycles. The van der Waals surface area contributed by atoms with Crippen LogP contribution in [0.15, 0.2) is 54.7 Å². The van der Waals surface area contributed by atoms with E-state index in [1.165, 1.54) is 5.56 Å². The summed E-state index contributed by atoms with van der Waals surface area (Å²) in [7, 11) is 0. The molecule has 0 spiro atoms. The Labute approximate surface area is 170 Å². The molecule has 0 radical (unpaired) electrons. The second-order valence-corrected chi connectivity index (χ2v) is 7.00. The van der Waals surface area contributed by atoms with Crippen molar-refractivity contribution < 1.29 is 9.59 Å². The van der Waals surface area contributed by atoms with Gasteiger partial charge in [0.2, 0.25) is 5.91 Å². The van der Waals surface area contributed by atoms with Gasteiger partial charge in [0.25, 0.3) is 5.91 Å². The minimum atomic E-state index is -0.327. The van der Waals surface area contributed by atoms with E-state index in [1.807, 2.05) is 69.3 Å². The van der Waals surface area contributed by atoms with E-state index < -0.39 is 0 Å². The summed E-state index contributed by atoms with van der Waals surface area (Å²) in [4.78, 5) is 24.7. The summed E-state index contributed by atoms with van der Waals surface area (Å²) in [5, 5.41) is 10.1. The van der Waals surface area contributed by atoms with Crippen LogP contribution in [0.1, 0.15) is 34.8 Å². The topological polar surface area (TPSA) is 76.0 Å². The monoisotopic (exact) mass is 390 g/mol. The van der Waals surface area contributed by atoms with Crippen molar-refractivity contribution in [2.24, 2.45) is 0 Å². The third-order valence-corrected chi connectivity index (χ3v) is 4.74. The van der Waals surface area contributed by atoms with Gasteiger partial charge in [-0.15, -0.1) is 0 Å². The highest BCUT2D eigenvalue weighted by Gasteiger charge is 2.19. The third kappa shape index (κ3) is 4.90. The Kier molecular flexibility index (Phi) is 6.44. The molecule has 0 aliphatic rings. The predicted octanol–water partition coefficient (Wildman–Crippen LogP) is 3.41. The molecule has 0 fully saturated rings. The SMILES string of the molecule is CCCNC(=O)CNC(=O)c1cn(-c2ccccc2)nc1-c1ccc(C)c(C)c1. The third-order valence-electron chi connectivity index (χ3n) is 4.74. The molecule has 3 rings (SSSR count). The zero-order chi connectivity index (χ0) is 20.8. The van der Waals surface area contributed by atoms with Crippen LogP contribution in [0.5, 0.6) is 0 Å². The molecule has 1 heterocycles. The van der Waals surface area contributed by atoms with Crippen LogP contribution in [-0.2, 0) is 4.79 Å². The van der Waals surface area contributed by atoms with Crippen LogP contribution < -0.4 is 10.6 Å². The van der Waals surface area contributed by atoms with Crippen LogP contribution in [-0.4, -0.2) is 34.7 Å². The maximum atomic E-state index is 12.9. The van der Waals surface area contributed by atoms with Crippen molar-refractivity contribution in [2.45, 2.75) is 27.2 Å². The average Bonchev–Trinajstić information content (AvgIpc) is 3.18. The van der Waals surface area contributed by atoms with Crippen LogP contribution >= 0.6 is 0 Å². The first kappa shape index (κ1) is 20.3. The van der Waals surface area contributed by atoms with Gasteiger partial charge in [0, 0.05) is 18.3 Å². The van der Waals surface area contributed by atoms with Crippen LogP contribution in [0, 0.1) is 13.8 Å². The molecule has 0 saturated carbocycles. The van der Waals surface area contributed by atoms with Gasteiger partial charge >= 0.3 is 0 Å². The summed E-state index contributed by atoms with van der Waals surface area (Å²) in [5.74, 6) is -0.532. The molecule has 0 bridgehead atoms. The van der Waals surface area contributed by atoms with Crippen molar-refractivity contribution in [1.82, 2.24) is 20.4 Å². The smallest absolute Gasteiger partial charge is 0.255 e. The summed E-state index contributed by atoms with van der Waals surface area (Å²) in [5.41, 5.74) is 5.04. The second kappa shape index (κ2) is 9.19. The molecule has 3 aromatic rings. The second-order valence-electron chi connectivity index (χ2n) is 7.00. The van der Waals surface area contributed by atoms with Crippen molar-refractivity contribution in [1.29, 1.82) is 0 Å². The molecule has 2 amide bonds. The summed E-state index contributed by atoms with van der Waals surface area (Å²) in [6.45, 7) is 6.58. The lowest BCUT2D eigenvalue weighted by atomic mass is 10.0. The minimum Gasteiger partial charge on any atom is -0.355 e. The molecule has 2 aromatic carbocycles. The first-order valence-corrected chi connectivity index (χ1v) is 9.77. The van der Waals surface area contributed by atoms with Gasteiger partial charge in [-0.1, -0.05) is 37.3 Å². The van der Waals surface area contributed by atoms with Gasteiger partial charge in [-0.2, -0.15) is 5.10 Å². The number of carbonyl (C=O) groups is 2. The number of para-hydroxylation sites is 1. The van der Waals surface area contributed by atoms with E-state index in [0.717, 1.165) is 23.2 Å². The Morgan fingerprint density at radius 1 is 1.00 bits per heavy atom. The Morgan fingerprint density at radius 3 is 2.45 bits per heavy atom. The molecule has 2 N–H and O–H groups in total. The van der Waals surface area contributed by atoms with Gasteiger partial charge in [-0.3, -0.25) is 9.59 Å². The first-order chi connectivity index (χ1) is 14.0. The van der Waals surface area contributed by atoms with Gasteiger partial charge < -0.3 is 10.6 Å². The van der Waals surface area contributed by atoms with Gasteiger partial charge in [0.05, 0.1) is 17.8 Å². The average molecular weight is 390 g/mol. The number of benzene rings is 2. The zero-order valence-electron chi connectivity index (χ0n) is 17.0. The summed E-state index contributed by atoms with van der Waals surface area (Å²) < 4.78 is 1.69. The highest BCUT2D eigenvalue weighted by molar-refractivity contribution is 6.01. The molecular weight excluding hydrogens is 364 g/mol. The zero-order valence-corrected chi connectivity index (χ0v) is 17.0. The molecule has 29 heavy (non-hydrogen) atoms. The number of nitrogens with zero attached hydrogens (tertiary/aromatic N) is 2. The number of hydrogen-bond acceptors (Lipinski definition) is 3. The Balaban J connectivity index is 1.93. The molecule has 0 unspecified atom stereocenters. The van der Waals surface area contributed by atoms with Crippen LogP contribution in [0.3, 0.4) is 0 Å². The fraction of sp³-hybridized carbons (Fsp3) is 0.261. The maximum Gasteiger partial charge on any atom is 0.255 e. The maximum absolute atomic E-state index is 12.9.